The molecule has 2 aromatic carbocycles. The Morgan fingerprint density at radius 1 is 1.00 bits per heavy atom. The van der Waals surface area contributed by atoms with Crippen molar-refractivity contribution < 1.29 is 32.3 Å². The van der Waals surface area contributed by atoms with E-state index in [0.717, 1.165) is 4.90 Å². The van der Waals surface area contributed by atoms with Gasteiger partial charge in [0.05, 0.1) is 22.4 Å². The topological polar surface area (TPSA) is 139 Å². The standard InChI is InChI=1S/C21H21N3O7S/c1-3-9-32(29,30)23-15-6-4-5-13(10-15)21(28)31-12-18(25)22-14-7-8-16-17(11-14)20(27)24(2)19(16)26/h4-8,10-11,23H,3,9,12H2,1-2H3,(H,22,25). The van der Waals surface area contributed by atoms with Crippen molar-refractivity contribution in [1.82, 2.24) is 4.90 Å². The number of amides is 3. The summed E-state index contributed by atoms with van der Waals surface area (Å²) in [5.74, 6) is -2.41. The molecule has 11 heteroatoms. The van der Waals surface area contributed by atoms with Crippen LogP contribution in [-0.4, -0.2) is 56.4 Å². The number of nitrogens with one attached hydrogen (secondary N) is 2. The number of sulfonamides is 1. The lowest BCUT2D eigenvalue weighted by Gasteiger charge is -2.09. The zero-order chi connectivity index (χ0) is 23.5. The Hall–Kier alpha value is -3.73. The number of carbonyl (C=O) groups is 4. The molecule has 0 aliphatic carbocycles. The molecule has 1 heterocycles. The molecule has 10 nitrogen and oxygen atoms in total. The molecule has 1 aliphatic rings. The normalized spacial score (nSPS) is 13.0. The molecule has 32 heavy (non-hydrogen) atoms. The molecule has 0 spiro atoms. The van der Waals surface area contributed by atoms with Crippen LogP contribution in [0.5, 0.6) is 0 Å². The molecular weight excluding hydrogens is 438 g/mol. The van der Waals surface area contributed by atoms with Gasteiger partial charge >= 0.3 is 5.97 Å². The van der Waals surface area contributed by atoms with E-state index in [2.05, 4.69) is 10.0 Å². The first-order valence-electron chi connectivity index (χ1n) is 9.65. The molecule has 0 saturated heterocycles. The fraction of sp³-hybridized carbons (Fsp3) is 0.238. The summed E-state index contributed by atoms with van der Waals surface area (Å²) in [6.07, 6.45) is 0.442. The quantitative estimate of drug-likeness (QED) is 0.454. The number of esters is 1. The van der Waals surface area contributed by atoms with Crippen molar-refractivity contribution in [3.05, 3.63) is 59.2 Å². The number of rotatable bonds is 8. The van der Waals surface area contributed by atoms with Gasteiger partial charge in [-0.25, -0.2) is 13.2 Å². The molecule has 0 bridgehead atoms. The first kappa shape index (κ1) is 22.9. The third-order valence-corrected chi connectivity index (χ3v) is 6.04. The van der Waals surface area contributed by atoms with Gasteiger partial charge in [0, 0.05) is 18.4 Å². The van der Waals surface area contributed by atoms with E-state index in [1.54, 1.807) is 6.92 Å². The van der Waals surface area contributed by atoms with E-state index in [9.17, 15) is 27.6 Å². The molecule has 0 saturated carbocycles. The number of ether oxygens (including phenoxy) is 1. The lowest BCUT2D eigenvalue weighted by Crippen LogP contribution is -2.24. The minimum atomic E-state index is -3.52. The van der Waals surface area contributed by atoms with Crippen LogP contribution < -0.4 is 10.0 Å². The molecular formula is C21H21N3O7S. The van der Waals surface area contributed by atoms with Gasteiger partial charge in [-0.3, -0.25) is 24.0 Å². The molecule has 2 aromatic rings. The highest BCUT2D eigenvalue weighted by Crippen LogP contribution is 2.24. The minimum absolute atomic E-state index is 0.0550. The second-order valence-electron chi connectivity index (χ2n) is 7.06. The van der Waals surface area contributed by atoms with Gasteiger partial charge in [-0.1, -0.05) is 13.0 Å². The van der Waals surface area contributed by atoms with E-state index in [1.807, 2.05) is 0 Å². The van der Waals surface area contributed by atoms with E-state index < -0.39 is 40.3 Å². The Morgan fingerprint density at radius 2 is 1.72 bits per heavy atom. The Kier molecular flexibility index (Phi) is 6.58. The summed E-state index contributed by atoms with van der Waals surface area (Å²) in [5.41, 5.74) is 0.971. The third kappa shape index (κ3) is 5.11. The maximum absolute atomic E-state index is 12.2. The Morgan fingerprint density at radius 3 is 2.44 bits per heavy atom. The second-order valence-corrected chi connectivity index (χ2v) is 8.90. The summed E-state index contributed by atoms with van der Waals surface area (Å²) in [6, 6.07) is 10.0. The van der Waals surface area contributed by atoms with Gasteiger partial charge in [-0.2, -0.15) is 0 Å². The number of benzene rings is 2. The van der Waals surface area contributed by atoms with Gasteiger partial charge in [-0.05, 0) is 42.8 Å². The zero-order valence-electron chi connectivity index (χ0n) is 17.4. The lowest BCUT2D eigenvalue weighted by atomic mass is 10.1. The van der Waals surface area contributed by atoms with Crippen molar-refractivity contribution >= 4 is 45.1 Å². The smallest absolute Gasteiger partial charge is 0.338 e. The van der Waals surface area contributed by atoms with Crippen molar-refractivity contribution in [3.63, 3.8) is 0 Å². The summed E-state index contributed by atoms with van der Waals surface area (Å²) in [5, 5.41) is 2.50. The van der Waals surface area contributed by atoms with Crippen molar-refractivity contribution in [3.8, 4) is 0 Å². The summed E-state index contributed by atoms with van der Waals surface area (Å²) < 4.78 is 31.1. The van der Waals surface area contributed by atoms with Crippen molar-refractivity contribution in [2.75, 3.05) is 29.4 Å². The maximum atomic E-state index is 12.2. The first-order chi connectivity index (χ1) is 15.1. The number of carbonyl (C=O) groups excluding carboxylic acids is 4. The predicted octanol–water partition coefficient (Wildman–Crippen LogP) is 1.86. The highest BCUT2D eigenvalue weighted by Gasteiger charge is 2.32. The van der Waals surface area contributed by atoms with Gasteiger partial charge in [0.15, 0.2) is 6.61 Å². The van der Waals surface area contributed by atoms with Crippen LogP contribution in [0.4, 0.5) is 11.4 Å². The van der Waals surface area contributed by atoms with Gasteiger partial charge in [-0.15, -0.1) is 0 Å². The fourth-order valence-corrected chi connectivity index (χ4v) is 4.19. The van der Waals surface area contributed by atoms with Gasteiger partial charge < -0.3 is 10.1 Å². The SMILES string of the molecule is CCCS(=O)(=O)Nc1cccc(C(=O)OCC(=O)Nc2ccc3c(c2)C(=O)N(C)C3=O)c1. The molecule has 3 rings (SSSR count). The molecule has 1 aliphatic heterocycles. The van der Waals surface area contributed by atoms with Crippen molar-refractivity contribution in [2.24, 2.45) is 0 Å². The average Bonchev–Trinajstić information content (AvgIpc) is 2.95. The molecule has 0 aromatic heterocycles. The third-order valence-electron chi connectivity index (χ3n) is 4.55. The number of anilines is 2. The van der Waals surface area contributed by atoms with Crippen molar-refractivity contribution in [1.29, 1.82) is 0 Å². The summed E-state index contributed by atoms with van der Waals surface area (Å²) >= 11 is 0. The summed E-state index contributed by atoms with van der Waals surface area (Å²) in [7, 11) is -2.15. The predicted molar refractivity (Wildman–Crippen MR) is 116 cm³/mol. The van der Waals surface area contributed by atoms with E-state index in [-0.39, 0.29) is 33.8 Å². The number of imide groups is 1. The second kappa shape index (κ2) is 9.18. The monoisotopic (exact) mass is 459 g/mol. The van der Waals surface area contributed by atoms with Crippen LogP contribution in [0.3, 0.4) is 0 Å². The first-order valence-corrected chi connectivity index (χ1v) is 11.3. The van der Waals surface area contributed by atoms with Crippen LogP contribution in [0.2, 0.25) is 0 Å². The molecule has 0 fully saturated rings. The van der Waals surface area contributed by atoms with E-state index in [1.165, 1.54) is 49.5 Å². The van der Waals surface area contributed by atoms with E-state index in [0.29, 0.717) is 6.42 Å². The van der Waals surface area contributed by atoms with Crippen LogP contribution >= 0.6 is 0 Å². The maximum Gasteiger partial charge on any atom is 0.338 e. The number of fused-ring (bicyclic) bond motifs is 1. The highest BCUT2D eigenvalue weighted by molar-refractivity contribution is 7.92. The van der Waals surface area contributed by atoms with Crippen LogP contribution in [0.15, 0.2) is 42.5 Å². The Labute approximate surface area is 184 Å². The van der Waals surface area contributed by atoms with E-state index in [4.69, 9.17) is 4.74 Å². The molecule has 3 amide bonds. The zero-order valence-corrected chi connectivity index (χ0v) is 18.2. The molecule has 2 N–H and O–H groups in total. The molecule has 168 valence electrons. The van der Waals surface area contributed by atoms with Gasteiger partial charge in [0.1, 0.15) is 0 Å². The van der Waals surface area contributed by atoms with Crippen LogP contribution in [-0.2, 0) is 19.6 Å². The Bertz CT molecular complexity index is 1210. The van der Waals surface area contributed by atoms with Crippen LogP contribution in [0, 0.1) is 0 Å². The van der Waals surface area contributed by atoms with Crippen LogP contribution in [0.1, 0.15) is 44.4 Å². The van der Waals surface area contributed by atoms with Gasteiger partial charge in [0.2, 0.25) is 10.0 Å². The highest BCUT2D eigenvalue weighted by atomic mass is 32.2. The molecule has 0 radical (unpaired) electrons. The Balaban J connectivity index is 1.59. The summed E-state index contributed by atoms with van der Waals surface area (Å²) in [6.45, 7) is 1.13. The number of hydrogen-bond donors (Lipinski definition) is 2. The average molecular weight is 459 g/mol. The number of hydrogen-bond acceptors (Lipinski definition) is 7. The molecule has 0 unspecified atom stereocenters. The van der Waals surface area contributed by atoms with Crippen molar-refractivity contribution in [2.45, 2.75) is 13.3 Å². The molecule has 0 atom stereocenters. The van der Waals surface area contributed by atoms with E-state index >= 15 is 0 Å². The van der Waals surface area contributed by atoms with Gasteiger partial charge in [0.25, 0.3) is 17.7 Å². The number of nitrogens with zero attached hydrogens (tertiary/aromatic N) is 1. The summed E-state index contributed by atoms with van der Waals surface area (Å²) in [4.78, 5) is 49.3. The minimum Gasteiger partial charge on any atom is -0.452 e. The fourth-order valence-electron chi connectivity index (χ4n) is 3.06. The van der Waals surface area contributed by atoms with Crippen LogP contribution in [0.25, 0.3) is 0 Å². The largest absolute Gasteiger partial charge is 0.452 e. The lowest BCUT2D eigenvalue weighted by molar-refractivity contribution is -0.119.